The van der Waals surface area contributed by atoms with Gasteiger partial charge in [0.25, 0.3) is 0 Å². The largest absolute Gasteiger partial charge is 0.457 e. The van der Waals surface area contributed by atoms with E-state index in [0.717, 1.165) is 12.8 Å². The molecule has 3 nitrogen and oxygen atoms in total. The molecule has 76 valence electrons. The molecular formula is C10H18O3. The van der Waals surface area contributed by atoms with Crippen LogP contribution in [0.1, 0.15) is 45.4 Å². The van der Waals surface area contributed by atoms with Gasteiger partial charge in [-0.3, -0.25) is 0 Å². The summed E-state index contributed by atoms with van der Waals surface area (Å²) in [5, 5.41) is 9.10. The molecule has 0 saturated carbocycles. The van der Waals surface area contributed by atoms with Gasteiger partial charge in [0.15, 0.2) is 6.10 Å². The van der Waals surface area contributed by atoms with E-state index in [9.17, 15) is 4.79 Å². The average molecular weight is 186 g/mol. The predicted molar refractivity (Wildman–Crippen MR) is 49.3 cm³/mol. The van der Waals surface area contributed by atoms with E-state index in [2.05, 4.69) is 6.92 Å². The Bertz CT molecular complexity index is 168. The number of unbranched alkanes of at least 4 members (excludes halogenated alkanes) is 4. The minimum atomic E-state index is -0.842. The molecule has 0 radical (unpaired) electrons. The summed E-state index contributed by atoms with van der Waals surface area (Å²) in [5.41, 5.74) is 0. The molecule has 2 atom stereocenters. The first-order valence-electron chi connectivity index (χ1n) is 5.14. The second kappa shape index (κ2) is 5.22. The molecule has 1 N–H and O–H groups in total. The Hall–Kier alpha value is -0.570. The van der Waals surface area contributed by atoms with Gasteiger partial charge >= 0.3 is 5.97 Å². The van der Waals surface area contributed by atoms with Gasteiger partial charge in [0.05, 0.1) is 0 Å². The Morgan fingerprint density at radius 2 is 2.00 bits per heavy atom. The van der Waals surface area contributed by atoms with Gasteiger partial charge in [-0.25, -0.2) is 4.79 Å². The van der Waals surface area contributed by atoms with Crippen LogP contribution in [-0.4, -0.2) is 23.3 Å². The molecular weight excluding hydrogens is 168 g/mol. The van der Waals surface area contributed by atoms with Crippen LogP contribution >= 0.6 is 0 Å². The normalized spacial score (nSPS) is 26.8. The van der Waals surface area contributed by atoms with E-state index in [1.54, 1.807) is 0 Å². The van der Waals surface area contributed by atoms with Crippen LogP contribution in [0, 0.1) is 0 Å². The van der Waals surface area contributed by atoms with Crippen molar-refractivity contribution in [1.82, 2.24) is 0 Å². The predicted octanol–water partition coefficient (Wildman–Crippen LogP) is 1.63. The van der Waals surface area contributed by atoms with E-state index in [0.29, 0.717) is 0 Å². The summed E-state index contributed by atoms with van der Waals surface area (Å²) >= 11 is 0. The molecule has 1 fully saturated rings. The standard InChI is InChI=1S/C10H18O3/c1-2-3-4-5-6-7-8-9(11)10(12)13-8/h8-9,11H,2-7H2,1H3. The van der Waals surface area contributed by atoms with Crippen molar-refractivity contribution in [2.24, 2.45) is 0 Å². The highest BCUT2D eigenvalue weighted by molar-refractivity contribution is 5.80. The maximum atomic E-state index is 10.5. The van der Waals surface area contributed by atoms with Gasteiger partial charge in [-0.2, -0.15) is 0 Å². The quantitative estimate of drug-likeness (QED) is 0.506. The number of esters is 1. The topological polar surface area (TPSA) is 46.5 Å². The van der Waals surface area contributed by atoms with Crippen LogP contribution in [0.2, 0.25) is 0 Å². The highest BCUT2D eigenvalue weighted by atomic mass is 16.6. The molecule has 13 heavy (non-hydrogen) atoms. The number of hydrogen-bond donors (Lipinski definition) is 1. The maximum absolute atomic E-state index is 10.5. The lowest BCUT2D eigenvalue weighted by atomic mass is 10.0. The summed E-state index contributed by atoms with van der Waals surface area (Å²) in [6, 6.07) is 0. The van der Waals surface area contributed by atoms with Crippen LogP contribution in [0.15, 0.2) is 0 Å². The zero-order valence-corrected chi connectivity index (χ0v) is 8.16. The summed E-state index contributed by atoms with van der Waals surface area (Å²) in [7, 11) is 0. The summed E-state index contributed by atoms with van der Waals surface area (Å²) < 4.78 is 4.77. The lowest BCUT2D eigenvalue weighted by Gasteiger charge is -2.31. The first-order valence-corrected chi connectivity index (χ1v) is 5.14. The third-order valence-electron chi connectivity index (χ3n) is 2.45. The van der Waals surface area contributed by atoms with E-state index in [-0.39, 0.29) is 6.10 Å². The van der Waals surface area contributed by atoms with Crippen LogP contribution in [0.4, 0.5) is 0 Å². The van der Waals surface area contributed by atoms with Crippen LogP contribution < -0.4 is 0 Å². The van der Waals surface area contributed by atoms with E-state index < -0.39 is 12.1 Å². The van der Waals surface area contributed by atoms with Crippen LogP contribution in [0.25, 0.3) is 0 Å². The lowest BCUT2D eigenvalue weighted by molar-refractivity contribution is -0.198. The van der Waals surface area contributed by atoms with Crippen molar-refractivity contribution in [1.29, 1.82) is 0 Å². The molecule has 0 aliphatic carbocycles. The van der Waals surface area contributed by atoms with Gasteiger partial charge in [0.2, 0.25) is 0 Å². The van der Waals surface area contributed by atoms with Crippen molar-refractivity contribution in [3.05, 3.63) is 0 Å². The number of aliphatic hydroxyl groups is 1. The minimum Gasteiger partial charge on any atom is -0.457 e. The molecule has 0 amide bonds. The second-order valence-electron chi connectivity index (χ2n) is 3.62. The number of rotatable bonds is 6. The van der Waals surface area contributed by atoms with Crippen molar-refractivity contribution < 1.29 is 14.6 Å². The summed E-state index contributed by atoms with van der Waals surface area (Å²) in [6.07, 6.45) is 5.74. The zero-order valence-electron chi connectivity index (χ0n) is 8.16. The summed E-state index contributed by atoms with van der Waals surface area (Å²) in [6.45, 7) is 2.18. The van der Waals surface area contributed by atoms with Gasteiger partial charge in [-0.1, -0.05) is 32.6 Å². The molecule has 0 bridgehead atoms. The Kier molecular flexibility index (Phi) is 4.22. The SMILES string of the molecule is CCCCCCCC1OC(=O)C1O. The smallest absolute Gasteiger partial charge is 0.339 e. The molecule has 0 aromatic rings. The monoisotopic (exact) mass is 186 g/mol. The van der Waals surface area contributed by atoms with Crippen LogP contribution in [0.5, 0.6) is 0 Å². The van der Waals surface area contributed by atoms with Gasteiger partial charge in [-0.15, -0.1) is 0 Å². The third-order valence-corrected chi connectivity index (χ3v) is 2.45. The van der Waals surface area contributed by atoms with Crippen LogP contribution in [-0.2, 0) is 9.53 Å². The average Bonchev–Trinajstić information content (AvgIpc) is 2.15. The van der Waals surface area contributed by atoms with Crippen molar-refractivity contribution in [3.63, 3.8) is 0 Å². The number of carbonyl (C=O) groups excluding carboxylic acids is 1. The Balaban J connectivity index is 1.92. The fraction of sp³-hybridized carbons (Fsp3) is 0.900. The molecule has 3 heteroatoms. The molecule has 1 aliphatic rings. The van der Waals surface area contributed by atoms with Gasteiger partial charge in [-0.05, 0) is 12.8 Å². The summed E-state index contributed by atoms with van der Waals surface area (Å²) in [5.74, 6) is -0.460. The number of carbonyl (C=O) groups is 1. The minimum absolute atomic E-state index is 0.214. The maximum Gasteiger partial charge on any atom is 0.339 e. The molecule has 1 heterocycles. The third kappa shape index (κ3) is 2.99. The highest BCUT2D eigenvalue weighted by Gasteiger charge is 2.39. The van der Waals surface area contributed by atoms with Crippen LogP contribution in [0.3, 0.4) is 0 Å². The summed E-state index contributed by atoms with van der Waals surface area (Å²) in [4.78, 5) is 10.5. The molecule has 0 aromatic carbocycles. The number of ether oxygens (including phenoxy) is 1. The molecule has 1 saturated heterocycles. The van der Waals surface area contributed by atoms with Gasteiger partial charge < -0.3 is 9.84 Å². The number of aliphatic hydroxyl groups excluding tert-OH is 1. The second-order valence-corrected chi connectivity index (χ2v) is 3.62. The van der Waals surface area contributed by atoms with Crippen molar-refractivity contribution >= 4 is 5.97 Å². The van der Waals surface area contributed by atoms with E-state index in [4.69, 9.17) is 9.84 Å². The Morgan fingerprint density at radius 3 is 2.54 bits per heavy atom. The molecule has 0 aromatic heterocycles. The lowest BCUT2D eigenvalue weighted by Crippen LogP contribution is -2.49. The highest BCUT2D eigenvalue weighted by Crippen LogP contribution is 2.20. The molecule has 2 unspecified atom stereocenters. The van der Waals surface area contributed by atoms with Crippen molar-refractivity contribution in [2.45, 2.75) is 57.7 Å². The fourth-order valence-electron chi connectivity index (χ4n) is 1.53. The van der Waals surface area contributed by atoms with Crippen molar-refractivity contribution in [3.8, 4) is 0 Å². The van der Waals surface area contributed by atoms with Gasteiger partial charge in [0, 0.05) is 0 Å². The molecule has 1 aliphatic heterocycles. The molecule has 1 rings (SSSR count). The van der Waals surface area contributed by atoms with E-state index >= 15 is 0 Å². The van der Waals surface area contributed by atoms with Gasteiger partial charge in [0.1, 0.15) is 6.10 Å². The zero-order chi connectivity index (χ0) is 9.68. The van der Waals surface area contributed by atoms with Crippen molar-refractivity contribution in [2.75, 3.05) is 0 Å². The first-order chi connectivity index (χ1) is 6.25. The number of hydrogen-bond acceptors (Lipinski definition) is 3. The van der Waals surface area contributed by atoms with E-state index in [1.165, 1.54) is 25.7 Å². The van der Waals surface area contributed by atoms with E-state index in [1.807, 2.05) is 0 Å². The molecule has 0 spiro atoms. The Morgan fingerprint density at radius 1 is 1.31 bits per heavy atom. The first kappa shape index (κ1) is 10.5. The number of cyclic esters (lactones) is 1. The fourth-order valence-corrected chi connectivity index (χ4v) is 1.53. The Labute approximate surface area is 79.1 Å².